The molecule has 0 spiro atoms. The molecule has 0 atom stereocenters. The molecule has 0 amide bonds. The van der Waals surface area contributed by atoms with Crippen LogP contribution in [-0.2, 0) is 0 Å². The smallest absolute Gasteiger partial charge is 0.206 e. The highest BCUT2D eigenvalue weighted by atomic mass is 19.1. The van der Waals surface area contributed by atoms with Crippen molar-refractivity contribution in [2.45, 2.75) is 6.92 Å². The van der Waals surface area contributed by atoms with E-state index in [-0.39, 0.29) is 17.0 Å². The van der Waals surface area contributed by atoms with Gasteiger partial charge in [0.2, 0.25) is 5.95 Å². The Labute approximate surface area is 112 Å². The number of anilines is 1. The van der Waals surface area contributed by atoms with Gasteiger partial charge in [-0.15, -0.1) is 0 Å². The van der Waals surface area contributed by atoms with E-state index >= 15 is 0 Å². The highest BCUT2D eigenvalue weighted by Gasteiger charge is 2.15. The molecule has 1 heterocycles. The van der Waals surface area contributed by atoms with E-state index in [9.17, 15) is 13.2 Å². The van der Waals surface area contributed by atoms with Crippen molar-refractivity contribution in [2.24, 2.45) is 0 Å². The molecule has 0 unspecified atom stereocenters. The Kier molecular flexibility index (Phi) is 2.67. The van der Waals surface area contributed by atoms with Gasteiger partial charge in [-0.05, 0) is 30.7 Å². The zero-order valence-corrected chi connectivity index (χ0v) is 10.5. The van der Waals surface area contributed by atoms with E-state index in [0.29, 0.717) is 11.3 Å². The quantitative estimate of drug-likeness (QED) is 0.741. The van der Waals surface area contributed by atoms with E-state index in [0.717, 1.165) is 12.1 Å². The summed E-state index contributed by atoms with van der Waals surface area (Å²) in [6.07, 6.45) is 0. The number of benzene rings is 2. The number of nitrogens with two attached hydrogens (primary N) is 1. The lowest BCUT2D eigenvalue weighted by atomic mass is 10.2. The average molecular weight is 277 g/mol. The number of aryl methyl sites for hydroxylation is 1. The molecule has 0 saturated heterocycles. The maximum atomic E-state index is 13.7. The van der Waals surface area contributed by atoms with Crippen LogP contribution in [-0.4, -0.2) is 9.55 Å². The number of imidazole rings is 1. The first kappa shape index (κ1) is 12.5. The van der Waals surface area contributed by atoms with Gasteiger partial charge in [0.1, 0.15) is 17.2 Å². The molecule has 0 bridgehead atoms. The molecule has 2 aromatic carbocycles. The Morgan fingerprint density at radius 1 is 1.00 bits per heavy atom. The summed E-state index contributed by atoms with van der Waals surface area (Å²) in [6.45, 7) is 1.71. The Morgan fingerprint density at radius 2 is 1.70 bits per heavy atom. The number of aromatic nitrogens is 2. The molecule has 102 valence electrons. The second kappa shape index (κ2) is 4.26. The number of nitrogens with zero attached hydrogens (tertiary/aromatic N) is 2. The van der Waals surface area contributed by atoms with Crippen LogP contribution in [0.4, 0.5) is 19.1 Å². The summed E-state index contributed by atoms with van der Waals surface area (Å²) in [5.41, 5.74) is 6.88. The van der Waals surface area contributed by atoms with Crippen LogP contribution >= 0.6 is 0 Å². The van der Waals surface area contributed by atoms with Crippen LogP contribution in [0.2, 0.25) is 0 Å². The molecular weight excluding hydrogens is 267 g/mol. The minimum Gasteiger partial charge on any atom is -0.369 e. The van der Waals surface area contributed by atoms with Gasteiger partial charge < -0.3 is 5.73 Å². The van der Waals surface area contributed by atoms with E-state index in [2.05, 4.69) is 4.98 Å². The number of hydrogen-bond donors (Lipinski definition) is 1. The number of hydrogen-bond acceptors (Lipinski definition) is 2. The third kappa shape index (κ3) is 1.89. The highest BCUT2D eigenvalue weighted by Crippen LogP contribution is 2.26. The predicted octanol–water partition coefficient (Wildman–Crippen LogP) is 3.33. The van der Waals surface area contributed by atoms with Gasteiger partial charge >= 0.3 is 0 Å². The average Bonchev–Trinajstić information content (AvgIpc) is 2.64. The van der Waals surface area contributed by atoms with Gasteiger partial charge in [0.25, 0.3) is 0 Å². The standard InChI is InChI=1S/C14H10F3N3/c1-7-2-8(15)4-10(3-7)20-12-6-9(16)5-11(17)13(12)19-14(20)18/h2-6H,1H3,(H2,18,19). The number of fused-ring (bicyclic) bond motifs is 1. The van der Waals surface area contributed by atoms with Crippen molar-refractivity contribution in [3.05, 3.63) is 53.3 Å². The zero-order valence-electron chi connectivity index (χ0n) is 10.5. The SMILES string of the molecule is Cc1cc(F)cc(-n2c(N)nc3c(F)cc(F)cc32)c1. The van der Waals surface area contributed by atoms with Crippen molar-refractivity contribution in [3.63, 3.8) is 0 Å². The Bertz CT molecular complexity index is 804. The Balaban J connectivity index is 2.38. The minimum absolute atomic E-state index is 0.0329. The van der Waals surface area contributed by atoms with E-state index in [4.69, 9.17) is 5.73 Å². The number of nitrogen functional groups attached to an aromatic ring is 1. The van der Waals surface area contributed by atoms with E-state index in [1.54, 1.807) is 13.0 Å². The lowest BCUT2D eigenvalue weighted by Crippen LogP contribution is -2.01. The fraction of sp³-hybridized carbons (Fsp3) is 0.0714. The van der Waals surface area contributed by atoms with Gasteiger partial charge in [-0.1, -0.05) is 0 Å². The first-order valence-corrected chi connectivity index (χ1v) is 5.86. The molecule has 0 radical (unpaired) electrons. The molecule has 0 aliphatic rings. The lowest BCUT2D eigenvalue weighted by Gasteiger charge is -2.08. The van der Waals surface area contributed by atoms with Crippen LogP contribution in [0.15, 0.2) is 30.3 Å². The normalized spacial score (nSPS) is 11.2. The van der Waals surface area contributed by atoms with Crippen LogP contribution in [0.5, 0.6) is 0 Å². The Morgan fingerprint density at radius 3 is 2.40 bits per heavy atom. The van der Waals surface area contributed by atoms with Gasteiger partial charge in [-0.2, -0.15) is 0 Å². The van der Waals surface area contributed by atoms with Crippen LogP contribution in [0.25, 0.3) is 16.7 Å². The molecule has 3 nitrogen and oxygen atoms in total. The molecule has 3 rings (SSSR count). The number of rotatable bonds is 1. The van der Waals surface area contributed by atoms with E-state index < -0.39 is 17.5 Å². The fourth-order valence-electron chi connectivity index (χ4n) is 2.24. The second-order valence-corrected chi connectivity index (χ2v) is 4.55. The zero-order chi connectivity index (χ0) is 14.4. The van der Waals surface area contributed by atoms with Gasteiger partial charge in [0.05, 0.1) is 11.2 Å². The van der Waals surface area contributed by atoms with Crippen LogP contribution in [0.3, 0.4) is 0 Å². The molecule has 1 aromatic heterocycles. The van der Waals surface area contributed by atoms with E-state index in [1.807, 2.05) is 0 Å². The molecule has 0 saturated carbocycles. The molecule has 20 heavy (non-hydrogen) atoms. The first-order chi connectivity index (χ1) is 9.45. The van der Waals surface area contributed by atoms with E-state index in [1.165, 1.54) is 16.7 Å². The second-order valence-electron chi connectivity index (χ2n) is 4.55. The van der Waals surface area contributed by atoms with Crippen molar-refractivity contribution < 1.29 is 13.2 Å². The fourth-order valence-corrected chi connectivity index (χ4v) is 2.24. The van der Waals surface area contributed by atoms with Crippen LogP contribution in [0, 0.1) is 24.4 Å². The van der Waals surface area contributed by atoms with Gasteiger partial charge in [-0.25, -0.2) is 18.2 Å². The number of halogens is 3. The van der Waals surface area contributed by atoms with Gasteiger partial charge in [-0.3, -0.25) is 4.57 Å². The van der Waals surface area contributed by atoms with Crippen molar-refractivity contribution in [1.29, 1.82) is 0 Å². The maximum absolute atomic E-state index is 13.7. The summed E-state index contributed by atoms with van der Waals surface area (Å²) in [5, 5.41) is 0. The third-order valence-electron chi connectivity index (χ3n) is 2.99. The van der Waals surface area contributed by atoms with Gasteiger partial charge in [0.15, 0.2) is 5.82 Å². The molecule has 0 aliphatic heterocycles. The topological polar surface area (TPSA) is 43.8 Å². The lowest BCUT2D eigenvalue weighted by molar-refractivity contribution is 0.590. The molecular formula is C14H10F3N3. The first-order valence-electron chi connectivity index (χ1n) is 5.86. The highest BCUT2D eigenvalue weighted by molar-refractivity contribution is 5.81. The molecule has 2 N–H and O–H groups in total. The summed E-state index contributed by atoms with van der Waals surface area (Å²) in [7, 11) is 0. The van der Waals surface area contributed by atoms with Crippen molar-refractivity contribution >= 4 is 17.0 Å². The summed E-state index contributed by atoms with van der Waals surface area (Å²) < 4.78 is 41.8. The van der Waals surface area contributed by atoms with Crippen molar-refractivity contribution in [1.82, 2.24) is 9.55 Å². The minimum atomic E-state index is -0.807. The molecule has 3 aromatic rings. The monoisotopic (exact) mass is 277 g/mol. The van der Waals surface area contributed by atoms with Crippen LogP contribution < -0.4 is 5.73 Å². The molecule has 0 fully saturated rings. The largest absolute Gasteiger partial charge is 0.369 e. The summed E-state index contributed by atoms with van der Waals surface area (Å²) in [6, 6.07) is 6.08. The predicted molar refractivity (Wildman–Crippen MR) is 70.1 cm³/mol. The van der Waals surface area contributed by atoms with Crippen LogP contribution in [0.1, 0.15) is 5.56 Å². The maximum Gasteiger partial charge on any atom is 0.206 e. The Hall–Kier alpha value is -2.50. The summed E-state index contributed by atoms with van der Waals surface area (Å²) in [5.74, 6) is -2.05. The third-order valence-corrected chi connectivity index (χ3v) is 2.99. The van der Waals surface area contributed by atoms with Gasteiger partial charge in [0, 0.05) is 12.1 Å². The molecule has 6 heteroatoms. The summed E-state index contributed by atoms with van der Waals surface area (Å²) in [4.78, 5) is 3.87. The molecule has 0 aliphatic carbocycles. The van der Waals surface area contributed by atoms with Crippen molar-refractivity contribution in [2.75, 3.05) is 5.73 Å². The van der Waals surface area contributed by atoms with Crippen molar-refractivity contribution in [3.8, 4) is 5.69 Å². The summed E-state index contributed by atoms with van der Waals surface area (Å²) >= 11 is 0.